The summed E-state index contributed by atoms with van der Waals surface area (Å²) < 4.78 is 20.1. The molecular formula is C30H31ClFN3O5. The molecule has 0 spiro atoms. The maximum Gasteiger partial charge on any atom is 0.407 e. The summed E-state index contributed by atoms with van der Waals surface area (Å²) in [5, 5.41) is 13.3. The SMILES string of the molecule is CC(C)(C)OC(=O)NCc1cccc(C(C(N)=O)N(C(=O)c2ccccc2O)[C@@H]2CCc3c(F)cc(Cl)cc32)c1. The zero-order valence-corrected chi connectivity index (χ0v) is 23.2. The van der Waals surface area contributed by atoms with Crippen molar-refractivity contribution in [2.75, 3.05) is 0 Å². The van der Waals surface area contributed by atoms with Crippen molar-refractivity contribution in [3.05, 3.63) is 99.3 Å². The quantitative estimate of drug-likeness (QED) is 0.345. The van der Waals surface area contributed by atoms with E-state index in [0.717, 1.165) is 0 Å². The Balaban J connectivity index is 1.76. The maximum absolute atomic E-state index is 14.8. The first kappa shape index (κ1) is 28.9. The minimum absolute atomic E-state index is 0.0348. The van der Waals surface area contributed by atoms with Gasteiger partial charge in [-0.05, 0) is 80.1 Å². The Kier molecular flexibility index (Phi) is 8.34. The molecule has 0 radical (unpaired) electrons. The lowest BCUT2D eigenvalue weighted by Gasteiger charge is -2.36. The average Bonchev–Trinajstić information content (AvgIpc) is 3.28. The molecule has 0 aliphatic heterocycles. The molecule has 3 amide bonds. The van der Waals surface area contributed by atoms with E-state index in [0.29, 0.717) is 35.1 Å². The van der Waals surface area contributed by atoms with Gasteiger partial charge >= 0.3 is 6.09 Å². The van der Waals surface area contributed by atoms with Crippen LogP contribution in [0.4, 0.5) is 9.18 Å². The van der Waals surface area contributed by atoms with Crippen molar-refractivity contribution in [2.45, 2.75) is 57.8 Å². The third-order valence-corrected chi connectivity index (χ3v) is 6.79. The maximum atomic E-state index is 14.8. The van der Waals surface area contributed by atoms with E-state index in [1.807, 2.05) is 0 Å². The summed E-state index contributed by atoms with van der Waals surface area (Å²) in [5.41, 5.74) is 7.11. The number of halogens is 2. The van der Waals surface area contributed by atoms with E-state index in [2.05, 4.69) is 5.32 Å². The number of hydrogen-bond donors (Lipinski definition) is 3. The third-order valence-electron chi connectivity index (χ3n) is 6.58. The number of carbonyl (C=O) groups excluding carboxylic acids is 3. The predicted molar refractivity (Wildman–Crippen MR) is 148 cm³/mol. The van der Waals surface area contributed by atoms with Crippen molar-refractivity contribution in [3.8, 4) is 5.75 Å². The molecule has 0 saturated heterocycles. The highest BCUT2D eigenvalue weighted by molar-refractivity contribution is 6.30. The molecule has 0 aromatic heterocycles. The van der Waals surface area contributed by atoms with Gasteiger partial charge in [-0.15, -0.1) is 0 Å². The first-order chi connectivity index (χ1) is 18.9. The molecule has 1 unspecified atom stereocenters. The fourth-order valence-corrected chi connectivity index (χ4v) is 5.18. The molecular weight excluding hydrogens is 537 g/mol. The van der Waals surface area contributed by atoms with E-state index in [-0.39, 0.29) is 22.9 Å². The van der Waals surface area contributed by atoms with Gasteiger partial charge < -0.3 is 25.8 Å². The number of fused-ring (bicyclic) bond motifs is 1. The van der Waals surface area contributed by atoms with Gasteiger partial charge in [0, 0.05) is 11.6 Å². The fourth-order valence-electron chi connectivity index (χ4n) is 4.97. The number of nitrogens with one attached hydrogen (secondary N) is 1. The molecule has 3 aromatic carbocycles. The van der Waals surface area contributed by atoms with Crippen LogP contribution in [0.15, 0.2) is 60.7 Å². The second kappa shape index (κ2) is 11.6. The second-order valence-electron chi connectivity index (χ2n) is 10.6. The number of ether oxygens (including phenoxy) is 1. The number of phenols is 1. The van der Waals surface area contributed by atoms with E-state index in [4.69, 9.17) is 22.1 Å². The van der Waals surface area contributed by atoms with E-state index in [9.17, 15) is 23.9 Å². The molecule has 1 aliphatic rings. The van der Waals surface area contributed by atoms with Crippen molar-refractivity contribution in [2.24, 2.45) is 5.73 Å². The van der Waals surface area contributed by atoms with Crippen LogP contribution in [0.25, 0.3) is 0 Å². The normalized spacial score (nSPS) is 15.2. The summed E-state index contributed by atoms with van der Waals surface area (Å²) in [5.74, 6) is -2.24. The van der Waals surface area contributed by atoms with Crippen LogP contribution >= 0.6 is 11.6 Å². The molecule has 4 rings (SSSR count). The van der Waals surface area contributed by atoms with E-state index in [1.54, 1.807) is 63.2 Å². The predicted octanol–water partition coefficient (Wildman–Crippen LogP) is 5.57. The van der Waals surface area contributed by atoms with Gasteiger partial charge in [0.2, 0.25) is 5.91 Å². The number of rotatable bonds is 7. The largest absolute Gasteiger partial charge is 0.507 e. The highest BCUT2D eigenvalue weighted by Crippen LogP contribution is 2.43. The Bertz CT molecular complexity index is 1460. The number of aromatic hydroxyl groups is 1. The van der Waals surface area contributed by atoms with Crippen molar-refractivity contribution >= 4 is 29.5 Å². The number of phenolic OH excluding ortho intramolecular Hbond substituents is 1. The average molecular weight is 568 g/mol. The summed E-state index contributed by atoms with van der Waals surface area (Å²) in [6.45, 7) is 5.34. The molecule has 3 aromatic rings. The number of carbonyl (C=O) groups is 3. The topological polar surface area (TPSA) is 122 Å². The molecule has 0 fully saturated rings. The Morgan fingerprint density at radius 2 is 1.88 bits per heavy atom. The van der Waals surface area contributed by atoms with Gasteiger partial charge in [-0.25, -0.2) is 9.18 Å². The number of primary amides is 1. The summed E-state index contributed by atoms with van der Waals surface area (Å²) in [6.07, 6.45) is 0.0243. The van der Waals surface area contributed by atoms with Gasteiger partial charge in [0.15, 0.2) is 0 Å². The lowest BCUT2D eigenvalue weighted by molar-refractivity contribution is -0.123. The van der Waals surface area contributed by atoms with Crippen LogP contribution in [0.3, 0.4) is 0 Å². The van der Waals surface area contributed by atoms with E-state index in [1.165, 1.54) is 23.1 Å². The lowest BCUT2D eigenvalue weighted by Crippen LogP contribution is -2.43. The molecule has 2 atom stereocenters. The van der Waals surface area contributed by atoms with Crippen LogP contribution in [0, 0.1) is 5.82 Å². The van der Waals surface area contributed by atoms with Crippen LogP contribution in [-0.4, -0.2) is 33.5 Å². The Hall–Kier alpha value is -4.11. The number of hydrogen-bond acceptors (Lipinski definition) is 5. The molecule has 0 bridgehead atoms. The van der Waals surface area contributed by atoms with Crippen LogP contribution in [0.1, 0.15) is 71.9 Å². The Morgan fingerprint density at radius 1 is 1.15 bits per heavy atom. The molecule has 210 valence electrons. The van der Waals surface area contributed by atoms with Crippen LogP contribution in [-0.2, 0) is 22.5 Å². The molecule has 4 N–H and O–H groups in total. The number of para-hydroxylation sites is 1. The van der Waals surface area contributed by atoms with Gasteiger partial charge in [-0.3, -0.25) is 9.59 Å². The smallest absolute Gasteiger partial charge is 0.407 e. The summed E-state index contributed by atoms with van der Waals surface area (Å²) in [7, 11) is 0. The minimum atomic E-state index is -1.29. The van der Waals surface area contributed by atoms with Gasteiger partial charge in [-0.1, -0.05) is 48.0 Å². The van der Waals surface area contributed by atoms with Crippen LogP contribution < -0.4 is 11.1 Å². The third kappa shape index (κ3) is 6.37. The Morgan fingerprint density at radius 3 is 2.55 bits per heavy atom. The fraction of sp³-hybridized carbons (Fsp3) is 0.300. The van der Waals surface area contributed by atoms with Gasteiger partial charge in [0.25, 0.3) is 5.91 Å². The van der Waals surface area contributed by atoms with Crippen LogP contribution in [0.2, 0.25) is 5.02 Å². The van der Waals surface area contributed by atoms with Crippen molar-refractivity contribution in [1.82, 2.24) is 10.2 Å². The first-order valence-corrected chi connectivity index (χ1v) is 13.2. The van der Waals surface area contributed by atoms with Crippen molar-refractivity contribution in [3.63, 3.8) is 0 Å². The summed E-state index contributed by atoms with van der Waals surface area (Å²) in [6, 6.07) is 13.5. The molecule has 10 heteroatoms. The molecule has 8 nitrogen and oxygen atoms in total. The summed E-state index contributed by atoms with van der Waals surface area (Å²) >= 11 is 6.18. The highest BCUT2D eigenvalue weighted by Gasteiger charge is 2.41. The van der Waals surface area contributed by atoms with Crippen molar-refractivity contribution < 1.29 is 28.6 Å². The van der Waals surface area contributed by atoms with Crippen molar-refractivity contribution in [1.29, 1.82) is 0 Å². The van der Waals surface area contributed by atoms with Gasteiger partial charge in [0.05, 0.1) is 11.6 Å². The standard InChI is InChI=1S/C30H31ClFN3O5/c1-30(2,3)40-29(39)34-16-17-7-6-8-18(13-17)26(27(33)37)35(28(38)21-9-4-5-10-25(21)36)24-12-11-20-22(24)14-19(31)15-23(20)32/h4-10,13-15,24,26,36H,11-12,16H2,1-3H3,(H2,33,37)(H,34,39)/t24-,26?/m1/s1. The van der Waals surface area contributed by atoms with E-state index >= 15 is 0 Å². The molecule has 40 heavy (non-hydrogen) atoms. The number of amides is 3. The van der Waals surface area contributed by atoms with Crippen LogP contribution in [0.5, 0.6) is 5.75 Å². The first-order valence-electron chi connectivity index (χ1n) is 12.8. The molecule has 0 heterocycles. The summed E-state index contributed by atoms with van der Waals surface area (Å²) in [4.78, 5) is 40.6. The Labute approximate surface area is 236 Å². The van der Waals surface area contributed by atoms with E-state index < -0.39 is 41.4 Å². The number of nitrogens with two attached hydrogens (primary N) is 1. The molecule has 1 aliphatic carbocycles. The zero-order valence-electron chi connectivity index (χ0n) is 22.4. The number of alkyl carbamates (subject to hydrolysis) is 1. The second-order valence-corrected chi connectivity index (χ2v) is 11.1. The zero-order chi connectivity index (χ0) is 29.2. The monoisotopic (exact) mass is 567 g/mol. The van der Waals surface area contributed by atoms with Gasteiger partial charge in [-0.2, -0.15) is 0 Å². The minimum Gasteiger partial charge on any atom is -0.507 e. The number of benzene rings is 3. The van der Waals surface area contributed by atoms with Gasteiger partial charge in [0.1, 0.15) is 23.2 Å². The number of nitrogens with zero attached hydrogens (tertiary/aromatic N) is 1. The lowest BCUT2D eigenvalue weighted by atomic mass is 9.96. The highest BCUT2D eigenvalue weighted by atomic mass is 35.5. The molecule has 0 saturated carbocycles.